The van der Waals surface area contributed by atoms with Crippen LogP contribution in [0.25, 0.3) is 0 Å². The van der Waals surface area contributed by atoms with Gasteiger partial charge in [-0.1, -0.05) is 0 Å². The molecule has 0 saturated carbocycles. The van der Waals surface area contributed by atoms with E-state index in [1.807, 2.05) is 0 Å². The van der Waals surface area contributed by atoms with E-state index in [1.165, 1.54) is 0 Å². The maximum absolute atomic E-state index is 0. The molecule has 0 aliphatic heterocycles. The van der Waals surface area contributed by atoms with Crippen LogP contribution in [0.2, 0.25) is 0 Å². The minimum absolute atomic E-state index is 0. The van der Waals surface area contributed by atoms with Crippen molar-refractivity contribution in [3.05, 3.63) is 0 Å². The first kappa shape index (κ1) is 31.9. The summed E-state index contributed by atoms with van der Waals surface area (Å²) < 4.78 is 0. The monoisotopic (exact) mass is 250 g/mol. The Morgan fingerprint density at radius 3 is 1.00 bits per heavy atom. The molecule has 0 saturated heterocycles. The first-order valence-corrected chi connectivity index (χ1v) is 0. The van der Waals surface area contributed by atoms with Gasteiger partial charge < -0.3 is 0 Å². The summed E-state index contributed by atoms with van der Waals surface area (Å²) in [5, 5.41) is 0. The van der Waals surface area contributed by atoms with Crippen LogP contribution >= 0.6 is 0 Å². The third-order valence-corrected chi connectivity index (χ3v) is 0. The molecule has 0 fully saturated rings. The van der Waals surface area contributed by atoms with Crippen molar-refractivity contribution in [2.45, 2.75) is 0 Å². The van der Waals surface area contributed by atoms with E-state index in [4.69, 9.17) is 0 Å². The molecule has 0 aromatic carbocycles. The summed E-state index contributed by atoms with van der Waals surface area (Å²) in [5.74, 6) is 0. The number of hydrogen-bond donors (Lipinski definition) is 0. The Bertz CT molecular complexity index is 8.00. The average Bonchev–Trinajstić information content (AvgIpc) is 0. The van der Waals surface area contributed by atoms with Crippen molar-refractivity contribution in [3.8, 4) is 0 Å². The molecule has 0 N–H and O–H groups in total. The van der Waals surface area contributed by atoms with E-state index in [-0.39, 0.29) is 77.2 Å². The molecule has 0 aliphatic carbocycles. The molecule has 0 rings (SSSR count). The van der Waals surface area contributed by atoms with Crippen LogP contribution in [-0.2, 0) is 35.9 Å². The van der Waals surface area contributed by atoms with Gasteiger partial charge in [-0.2, -0.15) is 0 Å². The molecule has 4 heavy (non-hydrogen) atoms. The van der Waals surface area contributed by atoms with E-state index in [1.54, 1.807) is 0 Å². The smallest absolute Gasteiger partial charge is 0 e. The fourth-order valence-corrected chi connectivity index (χ4v) is 0. The van der Waals surface area contributed by atoms with Crippen LogP contribution in [0.3, 0.4) is 0 Å². The third-order valence-electron chi connectivity index (χ3n) is 0. The largest absolute Gasteiger partial charge is 0 e. The summed E-state index contributed by atoms with van der Waals surface area (Å²) in [6.07, 6.45) is 0. The molecule has 0 aromatic rings. The van der Waals surface area contributed by atoms with Crippen molar-refractivity contribution in [1.82, 2.24) is 0 Å². The summed E-state index contributed by atoms with van der Waals surface area (Å²) in [6, 6.07) is 0. The van der Waals surface area contributed by atoms with Crippen LogP contribution in [0, 0.1) is 0 Å². The van der Waals surface area contributed by atoms with Gasteiger partial charge in [0.05, 0.1) is 0 Å². The Morgan fingerprint density at radius 2 is 1.00 bits per heavy atom. The standard InChI is InChI=1S/Al.Cr.Sn.V. The van der Waals surface area contributed by atoms with Gasteiger partial charge in [0, 0.05) is 77.2 Å². The minimum atomic E-state index is 0. The average molecular weight is 249 g/mol. The fourth-order valence-electron chi connectivity index (χ4n) is 0. The molecule has 0 bridgehead atoms. The van der Waals surface area contributed by atoms with Crippen molar-refractivity contribution in [2.24, 2.45) is 0 Å². The summed E-state index contributed by atoms with van der Waals surface area (Å²) in [6.45, 7) is 0. The molecule has 4 heteroatoms. The predicted octanol–water partition coefficient (Wildman–Crippen LogP) is -0.767. The molecule has 0 nitrogen and oxygen atoms in total. The molecule has 0 aromatic heterocycles. The maximum atomic E-state index is 0. The van der Waals surface area contributed by atoms with Crippen LogP contribution in [0.5, 0.6) is 0 Å². The molecular formula is AlCrSnV. The van der Waals surface area contributed by atoms with E-state index in [2.05, 4.69) is 0 Å². The Hall–Kier alpha value is 2.45. The topological polar surface area (TPSA) is 0 Å². The Kier molecular flexibility index (Phi) is 144. The molecule has 8 radical (unpaired) electrons. The minimum Gasteiger partial charge on any atom is 0 e. The van der Waals surface area contributed by atoms with Gasteiger partial charge in [-0.3, -0.25) is 0 Å². The zero-order valence-electron chi connectivity index (χ0n) is 1.93. The van der Waals surface area contributed by atoms with Gasteiger partial charge in [-0.15, -0.1) is 0 Å². The first-order chi connectivity index (χ1) is 0. The van der Waals surface area contributed by atoms with Crippen molar-refractivity contribution < 1.29 is 35.9 Å². The van der Waals surface area contributed by atoms with Gasteiger partial charge in [0.15, 0.2) is 0 Å². The number of rotatable bonds is 0. The van der Waals surface area contributed by atoms with Gasteiger partial charge in [0.2, 0.25) is 0 Å². The molecule has 0 atom stereocenters. The predicted molar refractivity (Wildman–Crippen MR) is 11.5 cm³/mol. The molecule has 0 aliphatic rings. The maximum Gasteiger partial charge on any atom is 0 e. The van der Waals surface area contributed by atoms with E-state index in [0.29, 0.717) is 0 Å². The number of hydrogen-bond acceptors (Lipinski definition) is 0. The molecule has 0 spiro atoms. The Balaban J connectivity index is 0. The van der Waals surface area contributed by atoms with E-state index in [9.17, 15) is 0 Å². The molecule has 18 valence electrons. The van der Waals surface area contributed by atoms with Crippen LogP contribution in [0.4, 0.5) is 0 Å². The van der Waals surface area contributed by atoms with Gasteiger partial charge >= 0.3 is 0 Å². The second-order valence-corrected chi connectivity index (χ2v) is 0. The fraction of sp³-hybridized carbons (Fsp3) is 0. The van der Waals surface area contributed by atoms with Gasteiger partial charge in [-0.25, -0.2) is 0 Å². The SMILES string of the molecule is [Al].[Cr].[Sn].[V]. The first-order valence-electron chi connectivity index (χ1n) is 0. The summed E-state index contributed by atoms with van der Waals surface area (Å²) in [4.78, 5) is 0. The third kappa shape index (κ3) is 8.82. The Labute approximate surface area is 76.2 Å². The van der Waals surface area contributed by atoms with Crippen molar-refractivity contribution in [2.75, 3.05) is 0 Å². The van der Waals surface area contributed by atoms with Crippen LogP contribution in [0.1, 0.15) is 0 Å². The quantitative estimate of drug-likeness (QED) is 0.494. The molecule has 0 heterocycles. The zero-order valence-corrected chi connectivity index (χ0v) is 8.61. The summed E-state index contributed by atoms with van der Waals surface area (Å²) in [7, 11) is 0. The van der Waals surface area contributed by atoms with Gasteiger partial charge in [-0.05, 0) is 0 Å². The zero-order chi connectivity index (χ0) is 0. The summed E-state index contributed by atoms with van der Waals surface area (Å²) >= 11 is 0. The second-order valence-electron chi connectivity index (χ2n) is 0. The molecule has 0 amide bonds. The van der Waals surface area contributed by atoms with Crippen LogP contribution < -0.4 is 0 Å². The van der Waals surface area contributed by atoms with Crippen molar-refractivity contribution in [1.29, 1.82) is 0 Å². The Morgan fingerprint density at radius 1 is 1.00 bits per heavy atom. The van der Waals surface area contributed by atoms with Crippen molar-refractivity contribution in [3.63, 3.8) is 0 Å². The molecule has 0 unspecified atom stereocenters. The van der Waals surface area contributed by atoms with Gasteiger partial charge in [0.1, 0.15) is 0 Å². The normalized spacial score (nSPS) is 0. The van der Waals surface area contributed by atoms with Gasteiger partial charge in [0.25, 0.3) is 0 Å². The molecular weight excluding hydrogens is 249 g/mol. The van der Waals surface area contributed by atoms with Crippen molar-refractivity contribution >= 4 is 41.3 Å². The van der Waals surface area contributed by atoms with Crippen LogP contribution in [-0.4, -0.2) is 41.3 Å². The summed E-state index contributed by atoms with van der Waals surface area (Å²) in [5.41, 5.74) is 0. The van der Waals surface area contributed by atoms with E-state index in [0.717, 1.165) is 0 Å². The van der Waals surface area contributed by atoms with Crippen LogP contribution in [0.15, 0.2) is 0 Å². The van der Waals surface area contributed by atoms with E-state index >= 15 is 0 Å². The second kappa shape index (κ2) is 18.0. The van der Waals surface area contributed by atoms with E-state index < -0.39 is 0 Å².